The molecule has 0 bridgehead atoms. The average Bonchev–Trinajstić information content (AvgIpc) is 3.36. The predicted octanol–water partition coefficient (Wildman–Crippen LogP) is 4.10. The van der Waals surface area contributed by atoms with Crippen LogP contribution < -0.4 is 14.2 Å². The quantitative estimate of drug-likeness (QED) is 0.205. The highest BCUT2D eigenvalue weighted by Gasteiger charge is 2.42. The van der Waals surface area contributed by atoms with Gasteiger partial charge in [-0.25, -0.2) is 13.2 Å². The van der Waals surface area contributed by atoms with Gasteiger partial charge < -0.3 is 14.2 Å². The number of hydrogen-bond acceptors (Lipinski definition) is 9. The first-order valence-electron chi connectivity index (χ1n) is 11.5. The van der Waals surface area contributed by atoms with E-state index in [-0.39, 0.29) is 23.2 Å². The molecule has 0 radical (unpaired) electrons. The summed E-state index contributed by atoms with van der Waals surface area (Å²) < 4.78 is 40.3. The zero-order valence-electron chi connectivity index (χ0n) is 20.2. The first-order chi connectivity index (χ1) is 17.7. The molecule has 1 atom stereocenters. The van der Waals surface area contributed by atoms with E-state index < -0.39 is 21.8 Å². The van der Waals surface area contributed by atoms with Gasteiger partial charge in [0.15, 0.2) is 21.3 Å². The van der Waals surface area contributed by atoms with Gasteiger partial charge in [0.05, 0.1) is 36.2 Å². The molecule has 0 aliphatic carbocycles. The van der Waals surface area contributed by atoms with Gasteiger partial charge in [-0.15, -0.1) is 0 Å². The lowest BCUT2D eigenvalue weighted by atomic mass is 10.1. The summed E-state index contributed by atoms with van der Waals surface area (Å²) in [5, 5.41) is 0. The molecule has 2 aliphatic rings. The Morgan fingerprint density at radius 1 is 1.16 bits per heavy atom. The molecule has 37 heavy (non-hydrogen) atoms. The predicted molar refractivity (Wildman–Crippen MR) is 147 cm³/mol. The van der Waals surface area contributed by atoms with Gasteiger partial charge in [0.25, 0.3) is 5.91 Å². The second-order valence-corrected chi connectivity index (χ2v) is 12.2. The smallest absolute Gasteiger partial charge is 0.336 e. The monoisotopic (exact) mass is 559 g/mol. The number of hydrogen-bond donors (Lipinski definition) is 0. The summed E-state index contributed by atoms with van der Waals surface area (Å²) in [6.45, 7) is 2.15. The Hall–Kier alpha value is -3.15. The highest BCUT2D eigenvalue weighted by atomic mass is 32.2. The van der Waals surface area contributed by atoms with Crippen LogP contribution in [0.25, 0.3) is 12.2 Å². The summed E-state index contributed by atoms with van der Waals surface area (Å²) in [5.74, 6) is 0.405. The Balaban J connectivity index is 1.48. The number of thioether (sulfide) groups is 1. The summed E-state index contributed by atoms with van der Waals surface area (Å²) >= 11 is 6.50. The van der Waals surface area contributed by atoms with Crippen LogP contribution in [0.5, 0.6) is 17.2 Å². The molecule has 0 aromatic heterocycles. The minimum Gasteiger partial charge on any atom is -0.497 e. The fourth-order valence-corrected chi connectivity index (χ4v) is 7.01. The first kappa shape index (κ1) is 26.9. The molecule has 11 heteroatoms. The number of thiocarbonyl (C=S) groups is 1. The number of methoxy groups -OCH3 is 1. The number of amides is 1. The van der Waals surface area contributed by atoms with Crippen LogP contribution in [0, 0.1) is 0 Å². The SMILES string of the molecule is CCOc1cc(/C=C2/SC(=S)N([C@@H]3CCS(=O)(=O)C3)C2=O)ccc1OC(=O)/C=C/c1ccc(OC)cc1. The standard InChI is InChI=1S/C26H25NO7S3/c1-3-33-22-14-18(15-23-25(29)27(26(35)36-23)19-12-13-37(30,31)16-19)6-10-21(22)34-24(28)11-7-17-4-8-20(32-2)9-5-17/h4-11,14-15,19H,3,12-13,16H2,1-2H3/b11-7+,23-15+/t19-/m1/s1. The third-order valence-electron chi connectivity index (χ3n) is 5.70. The summed E-state index contributed by atoms with van der Waals surface area (Å²) in [7, 11) is -1.57. The van der Waals surface area contributed by atoms with E-state index in [1.807, 2.05) is 19.1 Å². The van der Waals surface area contributed by atoms with Crippen LogP contribution in [0.3, 0.4) is 0 Å². The minimum atomic E-state index is -3.16. The Morgan fingerprint density at radius 3 is 2.54 bits per heavy atom. The van der Waals surface area contributed by atoms with E-state index in [1.165, 1.54) is 11.0 Å². The maximum Gasteiger partial charge on any atom is 0.336 e. The zero-order valence-corrected chi connectivity index (χ0v) is 22.7. The Kier molecular flexibility index (Phi) is 8.35. The number of rotatable bonds is 8. The molecule has 1 amide bonds. The molecule has 2 aromatic rings. The normalized spacial score (nSPS) is 20.1. The van der Waals surface area contributed by atoms with E-state index in [0.29, 0.717) is 33.6 Å². The molecule has 194 valence electrons. The molecule has 0 unspecified atom stereocenters. The number of benzene rings is 2. The van der Waals surface area contributed by atoms with E-state index in [9.17, 15) is 18.0 Å². The van der Waals surface area contributed by atoms with Crippen molar-refractivity contribution in [3.8, 4) is 17.2 Å². The van der Waals surface area contributed by atoms with Crippen LogP contribution in [0.15, 0.2) is 53.4 Å². The number of nitrogens with zero attached hydrogens (tertiary/aromatic N) is 1. The van der Waals surface area contributed by atoms with Gasteiger partial charge in [-0.1, -0.05) is 42.2 Å². The van der Waals surface area contributed by atoms with E-state index in [4.69, 9.17) is 26.4 Å². The van der Waals surface area contributed by atoms with Crippen LogP contribution in [0.4, 0.5) is 0 Å². The van der Waals surface area contributed by atoms with Crippen molar-refractivity contribution in [3.05, 3.63) is 64.6 Å². The van der Waals surface area contributed by atoms with Crippen LogP contribution in [0.1, 0.15) is 24.5 Å². The number of carbonyl (C=O) groups is 2. The van der Waals surface area contributed by atoms with E-state index in [2.05, 4.69) is 0 Å². The third-order valence-corrected chi connectivity index (χ3v) is 8.78. The van der Waals surface area contributed by atoms with Gasteiger partial charge in [-0.2, -0.15) is 0 Å². The van der Waals surface area contributed by atoms with Crippen molar-refractivity contribution >= 4 is 62.2 Å². The van der Waals surface area contributed by atoms with Crippen LogP contribution in [-0.4, -0.2) is 60.8 Å². The van der Waals surface area contributed by atoms with E-state index >= 15 is 0 Å². The van der Waals surface area contributed by atoms with E-state index in [0.717, 1.165) is 23.1 Å². The van der Waals surface area contributed by atoms with Crippen molar-refractivity contribution < 1.29 is 32.2 Å². The highest BCUT2D eigenvalue weighted by Crippen LogP contribution is 2.37. The Bertz CT molecular complexity index is 1380. The van der Waals surface area contributed by atoms with Gasteiger partial charge in [0, 0.05) is 6.08 Å². The molecule has 2 saturated heterocycles. The zero-order chi connectivity index (χ0) is 26.6. The van der Waals surface area contributed by atoms with Gasteiger partial charge >= 0.3 is 5.97 Å². The summed E-state index contributed by atoms with van der Waals surface area (Å²) in [4.78, 5) is 27.2. The number of ether oxygens (including phenoxy) is 3. The van der Waals surface area contributed by atoms with Crippen molar-refractivity contribution in [1.82, 2.24) is 4.90 Å². The highest BCUT2D eigenvalue weighted by molar-refractivity contribution is 8.26. The lowest BCUT2D eigenvalue weighted by Crippen LogP contribution is -2.39. The first-order valence-corrected chi connectivity index (χ1v) is 14.5. The topological polar surface area (TPSA) is 99.2 Å². The fraction of sp³-hybridized carbons (Fsp3) is 0.269. The van der Waals surface area contributed by atoms with Crippen molar-refractivity contribution in [2.75, 3.05) is 25.2 Å². The molecule has 2 aliphatic heterocycles. The molecule has 8 nitrogen and oxygen atoms in total. The maximum atomic E-state index is 13.0. The average molecular weight is 560 g/mol. The summed E-state index contributed by atoms with van der Waals surface area (Å²) in [6, 6.07) is 11.8. The van der Waals surface area contributed by atoms with Gasteiger partial charge in [0.1, 0.15) is 10.1 Å². The Labute approximate surface area is 225 Å². The number of esters is 1. The van der Waals surface area contributed by atoms with Crippen LogP contribution in [0.2, 0.25) is 0 Å². The van der Waals surface area contributed by atoms with Gasteiger partial charge in [-0.05, 0) is 60.9 Å². The second-order valence-electron chi connectivity index (χ2n) is 8.28. The number of sulfone groups is 1. The molecule has 2 fully saturated rings. The minimum absolute atomic E-state index is 0.0565. The van der Waals surface area contributed by atoms with Crippen molar-refractivity contribution in [1.29, 1.82) is 0 Å². The van der Waals surface area contributed by atoms with Crippen molar-refractivity contribution in [2.45, 2.75) is 19.4 Å². The molecule has 0 spiro atoms. The summed E-state index contributed by atoms with van der Waals surface area (Å²) in [6.07, 6.45) is 5.00. The van der Waals surface area contributed by atoms with Gasteiger partial charge in [0.2, 0.25) is 0 Å². The molecular weight excluding hydrogens is 534 g/mol. The lowest BCUT2D eigenvalue weighted by molar-refractivity contribution is -0.129. The molecule has 2 heterocycles. The van der Waals surface area contributed by atoms with E-state index in [1.54, 1.807) is 49.6 Å². The third kappa shape index (κ3) is 6.60. The van der Waals surface area contributed by atoms with Crippen LogP contribution in [-0.2, 0) is 19.4 Å². The second kappa shape index (κ2) is 11.5. The largest absolute Gasteiger partial charge is 0.497 e. The molecule has 0 N–H and O–H groups in total. The molecule has 4 rings (SSSR count). The Morgan fingerprint density at radius 2 is 1.89 bits per heavy atom. The van der Waals surface area contributed by atoms with Crippen molar-refractivity contribution in [2.24, 2.45) is 0 Å². The molecule has 2 aromatic carbocycles. The maximum absolute atomic E-state index is 13.0. The number of carbonyl (C=O) groups excluding carboxylic acids is 2. The molecule has 0 saturated carbocycles. The lowest BCUT2D eigenvalue weighted by Gasteiger charge is -2.20. The fourth-order valence-electron chi connectivity index (χ4n) is 3.91. The van der Waals surface area contributed by atoms with Crippen LogP contribution >= 0.6 is 24.0 Å². The van der Waals surface area contributed by atoms with Crippen molar-refractivity contribution in [3.63, 3.8) is 0 Å². The van der Waals surface area contributed by atoms with Gasteiger partial charge in [-0.3, -0.25) is 9.69 Å². The molecular formula is C26H25NO7S3. The summed E-state index contributed by atoms with van der Waals surface area (Å²) in [5.41, 5.74) is 1.46.